The molecule has 5 aromatic rings. The molecule has 0 aliphatic carbocycles. The third kappa shape index (κ3) is 5.03. The quantitative estimate of drug-likeness (QED) is 0.198. The lowest BCUT2D eigenvalue weighted by atomic mass is 9.96. The largest absolute Gasteiger partial charge is 0.506 e. The minimum atomic E-state index is -0.207. The summed E-state index contributed by atoms with van der Waals surface area (Å²) < 4.78 is 8.18. The summed E-state index contributed by atoms with van der Waals surface area (Å²) in [5, 5.41) is 15.4. The Labute approximate surface area is 249 Å². The summed E-state index contributed by atoms with van der Waals surface area (Å²) >= 11 is 12.3. The number of hydrogen-bond donors (Lipinski definition) is 2. The first-order chi connectivity index (χ1) is 19.8. The van der Waals surface area contributed by atoms with Gasteiger partial charge < -0.3 is 24.6 Å². The Morgan fingerprint density at radius 3 is 2.41 bits per heavy atom. The highest BCUT2D eigenvalue weighted by molar-refractivity contribution is 7.80. The molecule has 206 valence electrons. The smallest absolute Gasteiger partial charge is 0.174 e. The van der Waals surface area contributed by atoms with Crippen molar-refractivity contribution in [1.82, 2.24) is 14.9 Å². The van der Waals surface area contributed by atoms with Crippen LogP contribution in [0.25, 0.3) is 5.69 Å². The highest BCUT2D eigenvalue weighted by Gasteiger charge is 2.42. The minimum absolute atomic E-state index is 0.158. The number of para-hydroxylation sites is 1. The molecule has 2 N–H and O–H groups in total. The van der Waals surface area contributed by atoms with Crippen LogP contribution in [0, 0.1) is 20.8 Å². The number of thiocarbonyl (C=S) groups is 1. The van der Waals surface area contributed by atoms with Gasteiger partial charge in [-0.15, -0.1) is 0 Å². The molecule has 1 fully saturated rings. The van der Waals surface area contributed by atoms with Crippen LogP contribution in [0.3, 0.4) is 0 Å². The van der Waals surface area contributed by atoms with Crippen molar-refractivity contribution in [3.8, 4) is 22.9 Å². The molecule has 1 saturated heterocycles. The number of rotatable bonds is 6. The number of phenols is 1. The number of nitrogens with zero attached hydrogens (tertiary/aromatic N) is 3. The zero-order valence-electron chi connectivity index (χ0n) is 22.9. The predicted octanol–water partition coefficient (Wildman–Crippen LogP) is 8.13. The molecule has 6 rings (SSSR count). The third-order valence-corrected chi connectivity index (χ3v) is 8.05. The molecular formula is C33H29ClN4O2S. The first kappa shape index (κ1) is 26.9. The number of anilines is 1. The van der Waals surface area contributed by atoms with E-state index in [9.17, 15) is 5.11 Å². The molecule has 0 unspecified atom stereocenters. The highest BCUT2D eigenvalue weighted by Crippen LogP contribution is 2.44. The molecule has 0 amide bonds. The number of aryl methyl sites for hydroxylation is 2. The predicted molar refractivity (Wildman–Crippen MR) is 168 cm³/mol. The minimum Gasteiger partial charge on any atom is -0.506 e. The average molecular weight is 581 g/mol. The van der Waals surface area contributed by atoms with Gasteiger partial charge in [0.2, 0.25) is 0 Å². The summed E-state index contributed by atoms with van der Waals surface area (Å²) in [4.78, 5) is 6.81. The molecule has 2 aromatic heterocycles. The van der Waals surface area contributed by atoms with Crippen LogP contribution in [0.2, 0.25) is 5.02 Å². The van der Waals surface area contributed by atoms with E-state index in [2.05, 4.69) is 28.2 Å². The van der Waals surface area contributed by atoms with Gasteiger partial charge in [-0.05, 0) is 111 Å². The number of benzene rings is 3. The molecule has 3 aromatic carbocycles. The number of aromatic nitrogens is 2. The van der Waals surface area contributed by atoms with Gasteiger partial charge in [0.25, 0.3) is 0 Å². The molecule has 41 heavy (non-hydrogen) atoms. The lowest BCUT2D eigenvalue weighted by Crippen LogP contribution is -2.29. The van der Waals surface area contributed by atoms with Gasteiger partial charge in [0.1, 0.15) is 17.2 Å². The third-order valence-electron chi connectivity index (χ3n) is 7.50. The standard InChI is InChI=1S/C33H29ClN4O2S/c1-20-8-4-5-10-30(20)40-25-14-12-24(13-15-25)38-32(31(36-33(38)41)27-9-6-7-17-35-27)26-18-21(2)37(22(26)3)28-19-23(34)11-16-29(28)39/h4-19,31-32,39H,1-3H3,(H,36,41)/t31-,32+/m1/s1. The van der Waals surface area contributed by atoms with Gasteiger partial charge in [-0.1, -0.05) is 35.9 Å². The Hall–Kier alpha value is -4.33. The number of hydrogen-bond acceptors (Lipinski definition) is 4. The number of aromatic hydroxyl groups is 1. The van der Waals surface area contributed by atoms with E-state index in [1.165, 1.54) is 0 Å². The second-order valence-electron chi connectivity index (χ2n) is 10.2. The summed E-state index contributed by atoms with van der Waals surface area (Å²) in [6, 6.07) is 28.6. The molecule has 3 heterocycles. The average Bonchev–Trinajstić information content (AvgIpc) is 3.47. The van der Waals surface area contributed by atoms with Crippen LogP contribution in [0.5, 0.6) is 17.2 Å². The lowest BCUT2D eigenvalue weighted by Gasteiger charge is -2.28. The van der Waals surface area contributed by atoms with E-state index in [-0.39, 0.29) is 17.8 Å². The van der Waals surface area contributed by atoms with Crippen molar-refractivity contribution < 1.29 is 9.84 Å². The fourth-order valence-electron chi connectivity index (χ4n) is 5.56. The van der Waals surface area contributed by atoms with Gasteiger partial charge in [0.15, 0.2) is 5.11 Å². The fourth-order valence-corrected chi connectivity index (χ4v) is 6.07. The first-order valence-electron chi connectivity index (χ1n) is 13.3. The molecule has 1 aliphatic heterocycles. The maximum atomic E-state index is 10.7. The van der Waals surface area contributed by atoms with E-state index in [1.54, 1.807) is 24.4 Å². The Morgan fingerprint density at radius 2 is 1.68 bits per heavy atom. The lowest BCUT2D eigenvalue weighted by molar-refractivity contribution is 0.471. The molecular weight excluding hydrogens is 552 g/mol. The van der Waals surface area contributed by atoms with Crippen molar-refractivity contribution in [2.45, 2.75) is 32.9 Å². The monoisotopic (exact) mass is 580 g/mol. The summed E-state index contributed by atoms with van der Waals surface area (Å²) in [6.45, 7) is 6.10. The van der Waals surface area contributed by atoms with Crippen molar-refractivity contribution in [1.29, 1.82) is 0 Å². The van der Waals surface area contributed by atoms with Crippen molar-refractivity contribution in [3.63, 3.8) is 0 Å². The Morgan fingerprint density at radius 1 is 0.927 bits per heavy atom. The van der Waals surface area contributed by atoms with E-state index in [0.717, 1.165) is 45.4 Å². The van der Waals surface area contributed by atoms with Gasteiger partial charge in [-0.2, -0.15) is 0 Å². The van der Waals surface area contributed by atoms with Crippen molar-refractivity contribution in [3.05, 3.63) is 130 Å². The molecule has 6 nitrogen and oxygen atoms in total. The maximum absolute atomic E-state index is 10.7. The summed E-state index contributed by atoms with van der Waals surface area (Å²) in [5.74, 6) is 1.72. The van der Waals surface area contributed by atoms with Crippen molar-refractivity contribution >= 4 is 34.6 Å². The number of halogens is 1. The molecule has 0 saturated carbocycles. The van der Waals surface area contributed by atoms with Crippen LogP contribution in [0.4, 0.5) is 5.69 Å². The van der Waals surface area contributed by atoms with Gasteiger partial charge >= 0.3 is 0 Å². The van der Waals surface area contributed by atoms with E-state index in [0.29, 0.717) is 15.8 Å². The van der Waals surface area contributed by atoms with Gasteiger partial charge in [-0.25, -0.2) is 0 Å². The van der Waals surface area contributed by atoms with E-state index in [1.807, 2.05) is 85.1 Å². The number of pyridine rings is 1. The second kappa shape index (κ2) is 10.9. The molecule has 1 aliphatic rings. The molecule has 2 atom stereocenters. The Bertz CT molecular complexity index is 1740. The van der Waals surface area contributed by atoms with E-state index < -0.39 is 0 Å². The van der Waals surface area contributed by atoms with Gasteiger partial charge in [0.05, 0.1) is 23.5 Å². The van der Waals surface area contributed by atoms with Gasteiger partial charge in [0, 0.05) is 28.3 Å². The maximum Gasteiger partial charge on any atom is 0.174 e. The van der Waals surface area contributed by atoms with Crippen LogP contribution < -0.4 is 15.0 Å². The Balaban J connectivity index is 1.43. The van der Waals surface area contributed by atoms with Crippen LogP contribution in [0.15, 0.2) is 97.2 Å². The van der Waals surface area contributed by atoms with Gasteiger partial charge in [-0.3, -0.25) is 4.98 Å². The summed E-state index contributed by atoms with van der Waals surface area (Å²) in [7, 11) is 0. The SMILES string of the molecule is Cc1ccccc1Oc1ccc(N2C(=S)N[C@H](c3ccccn3)[C@@H]2c2cc(C)n(-c3cc(Cl)ccc3O)c2C)cc1. The van der Waals surface area contributed by atoms with Crippen molar-refractivity contribution in [2.24, 2.45) is 0 Å². The fraction of sp³-hybridized carbons (Fsp3) is 0.152. The first-order valence-corrected chi connectivity index (χ1v) is 14.1. The number of ether oxygens (including phenoxy) is 1. The van der Waals surface area contributed by atoms with Crippen LogP contribution in [-0.4, -0.2) is 19.8 Å². The topological polar surface area (TPSA) is 62.5 Å². The van der Waals surface area contributed by atoms with E-state index >= 15 is 0 Å². The molecule has 0 bridgehead atoms. The number of nitrogens with one attached hydrogen (secondary N) is 1. The Kier molecular flexibility index (Phi) is 7.15. The van der Waals surface area contributed by atoms with Crippen LogP contribution >= 0.6 is 23.8 Å². The zero-order chi connectivity index (χ0) is 28.7. The molecule has 0 spiro atoms. The normalized spacial score (nSPS) is 16.6. The molecule has 8 heteroatoms. The van der Waals surface area contributed by atoms with Crippen molar-refractivity contribution in [2.75, 3.05) is 4.90 Å². The van der Waals surface area contributed by atoms with Crippen LogP contribution in [0.1, 0.15) is 40.3 Å². The summed E-state index contributed by atoms with van der Waals surface area (Å²) in [6.07, 6.45) is 1.80. The highest BCUT2D eigenvalue weighted by atomic mass is 35.5. The molecule has 0 radical (unpaired) electrons. The second-order valence-corrected chi connectivity index (χ2v) is 11.0. The summed E-state index contributed by atoms with van der Waals surface area (Å²) in [5.41, 5.74) is 6.52. The zero-order valence-corrected chi connectivity index (χ0v) is 24.4. The van der Waals surface area contributed by atoms with Crippen LogP contribution in [-0.2, 0) is 0 Å². The number of phenolic OH excluding ortho intramolecular Hbond substituents is 1. The van der Waals surface area contributed by atoms with E-state index in [4.69, 9.17) is 28.6 Å².